The number of rotatable bonds is 16. The molecule has 2 aromatic heterocycles. The van der Waals surface area contributed by atoms with Crippen molar-refractivity contribution in [1.82, 2.24) is 24.0 Å². The van der Waals surface area contributed by atoms with E-state index in [1.807, 2.05) is 0 Å². The Morgan fingerprint density at radius 1 is 0.898 bits per heavy atom. The Hall–Kier alpha value is -1.68. The van der Waals surface area contributed by atoms with Gasteiger partial charge in [0.15, 0.2) is 0 Å². The Kier molecular flexibility index (Phi) is 13.9. The van der Waals surface area contributed by atoms with Gasteiger partial charge in [0, 0.05) is 73.3 Å². The van der Waals surface area contributed by atoms with Gasteiger partial charge in [-0.25, -0.2) is 14.2 Å². The average molecular weight is 768 g/mol. The van der Waals surface area contributed by atoms with Crippen LogP contribution in [0.3, 0.4) is 0 Å². The Morgan fingerprint density at radius 2 is 1.49 bits per heavy atom. The highest BCUT2D eigenvalue weighted by Crippen LogP contribution is 2.63. The summed E-state index contributed by atoms with van der Waals surface area (Å²) >= 11 is 0.966. The van der Waals surface area contributed by atoms with E-state index in [-0.39, 0.29) is 25.0 Å². The molecule has 0 spiro atoms. The van der Waals surface area contributed by atoms with Gasteiger partial charge in [-0.3, -0.25) is 42.6 Å². The highest BCUT2D eigenvalue weighted by atomic mass is 33.1. The van der Waals surface area contributed by atoms with Gasteiger partial charge in [0.1, 0.15) is 30.8 Å². The van der Waals surface area contributed by atoms with Crippen LogP contribution in [0.5, 0.6) is 0 Å². The molecule has 5 rings (SSSR count). The van der Waals surface area contributed by atoms with Crippen LogP contribution in [0.15, 0.2) is 31.6 Å². The fourth-order valence-electron chi connectivity index (χ4n) is 5.50. The molecule has 17 nitrogen and oxygen atoms in total. The van der Waals surface area contributed by atoms with Gasteiger partial charge in [-0.2, -0.15) is 0 Å². The van der Waals surface area contributed by atoms with Gasteiger partial charge in [-0.05, 0) is 25.2 Å². The van der Waals surface area contributed by atoms with Crippen LogP contribution < -0.4 is 22.5 Å². The second-order valence-electron chi connectivity index (χ2n) is 11.8. The molecule has 3 aliphatic heterocycles. The lowest BCUT2D eigenvalue weighted by atomic mass is 10.2. The molecule has 0 radical (unpaired) electrons. The van der Waals surface area contributed by atoms with E-state index < -0.39 is 72.8 Å². The zero-order chi connectivity index (χ0) is 35.1. The first kappa shape index (κ1) is 38.5. The second kappa shape index (κ2) is 17.7. The van der Waals surface area contributed by atoms with E-state index in [1.54, 1.807) is 21.6 Å². The molecule has 0 bridgehead atoms. The number of aliphatic hydroxyl groups excluding tert-OH is 2. The maximum Gasteiger partial charge on any atom is 0.389 e. The number of aryl methyl sites for hydroxylation is 2. The third-order valence-corrected chi connectivity index (χ3v) is 14.6. The molecule has 7 atom stereocenters. The Bertz CT molecular complexity index is 1700. The molecule has 21 heteroatoms. The average Bonchev–Trinajstić information content (AvgIpc) is 3.65. The molecule has 0 aromatic carbocycles. The van der Waals surface area contributed by atoms with Crippen LogP contribution in [0.25, 0.3) is 0 Å². The van der Waals surface area contributed by atoms with Crippen molar-refractivity contribution >= 4 is 39.8 Å². The van der Waals surface area contributed by atoms with Crippen LogP contribution in [0.4, 0.5) is 0 Å². The largest absolute Gasteiger partial charge is 0.394 e. The van der Waals surface area contributed by atoms with Crippen molar-refractivity contribution in [2.45, 2.75) is 63.6 Å². The van der Waals surface area contributed by atoms with E-state index in [0.717, 1.165) is 50.0 Å². The fraction of sp³-hybridized carbons (Fsp3) is 0.714. The summed E-state index contributed by atoms with van der Waals surface area (Å²) in [7, 11) is 3.34. The van der Waals surface area contributed by atoms with Crippen LogP contribution in [-0.2, 0) is 27.8 Å². The van der Waals surface area contributed by atoms with Crippen molar-refractivity contribution in [2.24, 2.45) is 0 Å². The van der Waals surface area contributed by atoms with Crippen molar-refractivity contribution < 1.29 is 38.0 Å². The Labute approximate surface area is 293 Å². The number of aromatic amines is 2. The van der Waals surface area contributed by atoms with Crippen LogP contribution in [-0.4, -0.2) is 122 Å². The highest BCUT2D eigenvalue weighted by Gasteiger charge is 2.44. The first-order valence-electron chi connectivity index (χ1n) is 15.8. The van der Waals surface area contributed by atoms with Crippen LogP contribution in [0.1, 0.15) is 36.4 Å². The van der Waals surface area contributed by atoms with Crippen molar-refractivity contribution in [3.63, 3.8) is 0 Å². The molecule has 1 unspecified atom stereocenters. The number of nitrogens with zero attached hydrogens (tertiary/aromatic N) is 3. The van der Waals surface area contributed by atoms with Gasteiger partial charge in [-0.1, -0.05) is 21.6 Å². The SMILES string of the molecule is Cc1cn([C@H]2C[C@@H](O)[C@@H](COP(=O)(O[C@@H]3C[C@H](n4cc(C)c(=O)[nH]c4=O)O[C@@H]3CO)SCCSSCCN3CCOCC3)O2)c(=O)[nH]c1=O. The van der Waals surface area contributed by atoms with Crippen molar-refractivity contribution in [3.05, 3.63) is 65.2 Å². The third-order valence-electron chi connectivity index (χ3n) is 8.23. The van der Waals surface area contributed by atoms with Gasteiger partial charge in [0.05, 0.1) is 32.5 Å². The Morgan fingerprint density at radius 3 is 2.12 bits per heavy atom. The lowest BCUT2D eigenvalue weighted by molar-refractivity contribution is -0.0510. The lowest BCUT2D eigenvalue weighted by Crippen LogP contribution is -2.37. The van der Waals surface area contributed by atoms with Crippen molar-refractivity contribution in [1.29, 1.82) is 0 Å². The normalized spacial score (nSPS) is 27.4. The smallest absolute Gasteiger partial charge is 0.389 e. The zero-order valence-electron chi connectivity index (χ0n) is 27.1. The predicted octanol–water partition coefficient (Wildman–Crippen LogP) is 0.589. The van der Waals surface area contributed by atoms with E-state index in [9.17, 15) is 34.0 Å². The monoisotopic (exact) mass is 767 g/mol. The summed E-state index contributed by atoms with van der Waals surface area (Å²) in [4.78, 5) is 55.4. The van der Waals surface area contributed by atoms with Gasteiger partial charge in [0.2, 0.25) is 0 Å². The maximum atomic E-state index is 14.3. The number of hydrogen-bond acceptors (Lipinski definition) is 16. The summed E-state index contributed by atoms with van der Waals surface area (Å²) in [6.07, 6.45) is -3.03. The minimum Gasteiger partial charge on any atom is -0.394 e. The van der Waals surface area contributed by atoms with Crippen LogP contribution in [0.2, 0.25) is 0 Å². The van der Waals surface area contributed by atoms with Gasteiger partial charge >= 0.3 is 18.2 Å². The molecular formula is C28H42N5O12PS3. The molecule has 0 saturated carbocycles. The van der Waals surface area contributed by atoms with Crippen LogP contribution >= 0.6 is 39.8 Å². The first-order valence-corrected chi connectivity index (χ1v) is 21.4. The number of nitrogens with one attached hydrogen (secondary N) is 2. The third kappa shape index (κ3) is 10.2. The number of aromatic nitrogens is 4. The maximum absolute atomic E-state index is 14.3. The summed E-state index contributed by atoms with van der Waals surface area (Å²) in [5.41, 5.74) is -1.88. The molecule has 3 aliphatic rings. The molecule has 4 N–H and O–H groups in total. The topological polar surface area (TPSA) is 217 Å². The number of aliphatic hydroxyl groups is 2. The van der Waals surface area contributed by atoms with Gasteiger partial charge in [-0.15, -0.1) is 0 Å². The molecule has 0 amide bonds. The quantitative estimate of drug-likeness (QED) is 0.104. The summed E-state index contributed by atoms with van der Waals surface area (Å²) in [6, 6.07) is 0. The number of ether oxygens (including phenoxy) is 3. The molecule has 2 aromatic rings. The summed E-state index contributed by atoms with van der Waals surface area (Å²) in [6.45, 7) is 2.47. The van der Waals surface area contributed by atoms with Crippen molar-refractivity contribution in [2.75, 3.05) is 63.3 Å². The van der Waals surface area contributed by atoms with Gasteiger partial charge < -0.3 is 24.4 Å². The summed E-state index contributed by atoms with van der Waals surface area (Å²) < 4.78 is 45.8. The minimum absolute atomic E-state index is 0.0219. The lowest BCUT2D eigenvalue weighted by Gasteiger charge is -2.26. The Balaban J connectivity index is 1.23. The molecule has 3 fully saturated rings. The summed E-state index contributed by atoms with van der Waals surface area (Å²) in [5.74, 6) is 1.92. The number of morpholine rings is 1. The molecule has 49 heavy (non-hydrogen) atoms. The molecule has 3 saturated heterocycles. The van der Waals surface area contributed by atoms with E-state index in [2.05, 4.69) is 14.9 Å². The summed E-state index contributed by atoms with van der Waals surface area (Å²) in [5, 5.41) is 20.8. The minimum atomic E-state index is -4.01. The van der Waals surface area contributed by atoms with E-state index in [4.69, 9.17) is 23.3 Å². The second-order valence-corrected chi connectivity index (χ2v) is 18.6. The number of H-pyrrole nitrogens is 2. The molecule has 274 valence electrons. The number of hydrogen-bond donors (Lipinski definition) is 4. The van der Waals surface area contributed by atoms with Crippen molar-refractivity contribution in [3.8, 4) is 0 Å². The molecule has 0 aliphatic carbocycles. The standard InChI is InChI=1S/C28H42N5O12PS3/c1-17-13-32(27(38)29-25(17)36)23-11-19(35)22(44-23)16-42-46(40,47-9-10-49-48-8-5-31-3-6-41-7-4-31)45-20-12-24(43-21(20)15-34)33-14-18(2)26(37)30-28(33)39/h13-14,19-24,34-35H,3-12,15-16H2,1-2H3,(H,29,36,38)(H,30,37,39)/t19-,20-,21-,22-,23-,24-,46?/m1/s1. The first-order chi connectivity index (χ1) is 23.5. The fourth-order valence-corrected chi connectivity index (χ4v) is 11.7. The van der Waals surface area contributed by atoms with E-state index in [0.29, 0.717) is 17.1 Å². The van der Waals surface area contributed by atoms with Crippen LogP contribution in [0, 0.1) is 13.8 Å². The zero-order valence-corrected chi connectivity index (χ0v) is 30.4. The molecular weight excluding hydrogens is 726 g/mol. The highest BCUT2D eigenvalue weighted by molar-refractivity contribution is 8.76. The van der Waals surface area contributed by atoms with E-state index in [1.165, 1.54) is 35.4 Å². The predicted molar refractivity (Wildman–Crippen MR) is 185 cm³/mol. The molecule has 5 heterocycles. The van der Waals surface area contributed by atoms with Gasteiger partial charge in [0.25, 0.3) is 11.1 Å². The van der Waals surface area contributed by atoms with E-state index >= 15 is 0 Å².